The van der Waals surface area contributed by atoms with Crippen LogP contribution in [0.1, 0.15) is 62.2 Å². The Morgan fingerprint density at radius 1 is 1.24 bits per heavy atom. The van der Waals surface area contributed by atoms with E-state index in [1.54, 1.807) is 57.9 Å². The van der Waals surface area contributed by atoms with Crippen molar-refractivity contribution in [1.29, 1.82) is 0 Å². The fourth-order valence-corrected chi connectivity index (χ4v) is 3.78. The summed E-state index contributed by atoms with van der Waals surface area (Å²) in [6, 6.07) is 5.17. The average molecular weight is 514 g/mol. The van der Waals surface area contributed by atoms with Gasteiger partial charge in [0.15, 0.2) is 11.6 Å². The van der Waals surface area contributed by atoms with Crippen molar-refractivity contribution in [3.8, 4) is 17.0 Å². The van der Waals surface area contributed by atoms with Gasteiger partial charge in [-0.3, -0.25) is 4.68 Å². The molecule has 1 aromatic carbocycles. The molecule has 198 valence electrons. The summed E-state index contributed by atoms with van der Waals surface area (Å²) in [6.07, 6.45) is 2.02. The molecule has 2 heterocycles. The number of ether oxygens (including phenoxy) is 2. The molecular weight excluding hydrogens is 481 g/mol. The average Bonchev–Trinajstić information content (AvgIpc) is 3.21. The molecule has 0 unspecified atom stereocenters. The van der Waals surface area contributed by atoms with Gasteiger partial charge in [0, 0.05) is 36.5 Å². The Morgan fingerprint density at radius 2 is 1.95 bits per heavy atom. The van der Waals surface area contributed by atoms with Crippen LogP contribution >= 0.6 is 0 Å². The number of halogens is 1. The number of amides is 1. The zero-order valence-electron chi connectivity index (χ0n) is 21.8. The number of aromatic carboxylic acids is 1. The number of carboxylic acid groups (broad SMARTS) is 1. The summed E-state index contributed by atoms with van der Waals surface area (Å²) in [5, 5.41) is 13.9. The van der Waals surface area contributed by atoms with Crippen LogP contribution in [0.2, 0.25) is 0 Å². The van der Waals surface area contributed by atoms with Crippen molar-refractivity contribution in [1.82, 2.24) is 19.7 Å². The molecule has 3 N–H and O–H groups in total. The van der Waals surface area contributed by atoms with Crippen LogP contribution in [-0.4, -0.2) is 49.5 Å². The van der Waals surface area contributed by atoms with Crippen molar-refractivity contribution in [3.05, 3.63) is 59.2 Å². The lowest BCUT2D eigenvalue weighted by Crippen LogP contribution is -2.33. The van der Waals surface area contributed by atoms with Crippen molar-refractivity contribution in [2.45, 2.75) is 59.4 Å². The second kappa shape index (κ2) is 10.9. The maximum Gasteiger partial charge on any atom is 0.410 e. The highest BCUT2D eigenvalue weighted by molar-refractivity contribution is 5.89. The minimum Gasteiger partial charge on any atom is -0.482 e. The molecule has 3 aromatic rings. The Kier molecular flexibility index (Phi) is 8.05. The lowest BCUT2D eigenvalue weighted by atomic mass is 10.0. The fourth-order valence-electron chi connectivity index (χ4n) is 3.78. The van der Waals surface area contributed by atoms with E-state index in [0.29, 0.717) is 12.1 Å². The monoisotopic (exact) mass is 513 g/mol. The number of benzene rings is 1. The number of aromatic nitrogens is 3. The Bertz CT molecular complexity index is 1300. The van der Waals surface area contributed by atoms with E-state index in [2.05, 4.69) is 10.1 Å². The molecule has 0 aliphatic rings. The van der Waals surface area contributed by atoms with E-state index in [1.165, 1.54) is 17.0 Å². The van der Waals surface area contributed by atoms with Crippen LogP contribution < -0.4 is 10.5 Å². The molecule has 2 aromatic heterocycles. The van der Waals surface area contributed by atoms with Gasteiger partial charge in [0.1, 0.15) is 17.5 Å². The van der Waals surface area contributed by atoms with Gasteiger partial charge < -0.3 is 25.2 Å². The summed E-state index contributed by atoms with van der Waals surface area (Å²) in [6.45, 7) is 9.76. The number of nitrogen functional groups attached to an aromatic ring is 1. The van der Waals surface area contributed by atoms with Gasteiger partial charge in [-0.1, -0.05) is 6.07 Å². The number of carboxylic acids is 1. The van der Waals surface area contributed by atoms with E-state index in [9.17, 15) is 19.1 Å². The van der Waals surface area contributed by atoms with E-state index in [-0.39, 0.29) is 29.2 Å². The number of hydrogen-bond acceptors (Lipinski definition) is 7. The first-order chi connectivity index (χ1) is 17.3. The van der Waals surface area contributed by atoms with E-state index in [4.69, 9.17) is 15.2 Å². The van der Waals surface area contributed by atoms with Gasteiger partial charge in [-0.2, -0.15) is 5.10 Å². The van der Waals surface area contributed by atoms with Crippen LogP contribution in [0, 0.1) is 5.82 Å². The highest BCUT2D eigenvalue weighted by Gasteiger charge is 2.23. The van der Waals surface area contributed by atoms with Crippen molar-refractivity contribution in [2.24, 2.45) is 0 Å². The molecule has 0 spiro atoms. The summed E-state index contributed by atoms with van der Waals surface area (Å²) in [5.74, 6) is -1.60. The molecule has 1 atom stereocenters. The molecule has 0 saturated carbocycles. The first-order valence-corrected chi connectivity index (χ1v) is 11.7. The van der Waals surface area contributed by atoms with Gasteiger partial charge in [0.2, 0.25) is 0 Å². The number of rotatable bonds is 8. The van der Waals surface area contributed by atoms with Gasteiger partial charge in [-0.15, -0.1) is 0 Å². The van der Waals surface area contributed by atoms with Crippen molar-refractivity contribution >= 4 is 17.9 Å². The maximum atomic E-state index is 13.6. The van der Waals surface area contributed by atoms with E-state index in [1.807, 2.05) is 6.92 Å². The Balaban J connectivity index is 1.93. The first kappa shape index (κ1) is 27.4. The Labute approximate surface area is 214 Å². The fraction of sp³-hybridized carbons (Fsp3) is 0.385. The third kappa shape index (κ3) is 6.54. The van der Waals surface area contributed by atoms with Crippen LogP contribution in [0.5, 0.6) is 5.75 Å². The number of carbonyl (C=O) groups is 2. The summed E-state index contributed by atoms with van der Waals surface area (Å²) in [7, 11) is 1.64. The molecular formula is C26H32FN5O5. The highest BCUT2D eigenvalue weighted by atomic mass is 19.1. The largest absolute Gasteiger partial charge is 0.482 e. The van der Waals surface area contributed by atoms with Gasteiger partial charge in [-0.25, -0.2) is 19.0 Å². The third-order valence-corrected chi connectivity index (χ3v) is 5.47. The number of carbonyl (C=O) groups excluding carboxylic acids is 1. The third-order valence-electron chi connectivity index (χ3n) is 5.47. The molecule has 0 saturated heterocycles. The normalized spacial score (nSPS) is 12.2. The highest BCUT2D eigenvalue weighted by Crippen LogP contribution is 2.33. The summed E-state index contributed by atoms with van der Waals surface area (Å²) < 4.78 is 26.8. The molecule has 1 amide bonds. The molecule has 3 rings (SSSR count). The Hall–Kier alpha value is -4.15. The zero-order valence-corrected chi connectivity index (χ0v) is 21.8. The minimum absolute atomic E-state index is 0.101. The molecule has 0 aliphatic carbocycles. The predicted octanol–water partition coefficient (Wildman–Crippen LogP) is 4.89. The number of aryl methyl sites for hydroxylation is 1. The molecule has 37 heavy (non-hydrogen) atoms. The number of nitrogens with zero attached hydrogens (tertiary/aromatic N) is 4. The van der Waals surface area contributed by atoms with Crippen molar-refractivity contribution < 1.29 is 28.6 Å². The van der Waals surface area contributed by atoms with Gasteiger partial charge in [0.05, 0.1) is 24.0 Å². The standard InChI is InChI=1S/C26H32FN5O5/c1-7-32-22(17(13-30-32)14-31(6)25(35)37-26(3,4)5)16-10-21(23(28)29-12-16)36-15(2)19-9-8-18(27)11-20(19)24(33)34/h8-13,15H,7,14H2,1-6H3,(H2,28,29)(H,33,34)/t15-/m1/s1. The second-order valence-corrected chi connectivity index (χ2v) is 9.57. The van der Waals surface area contributed by atoms with Crippen molar-refractivity contribution in [3.63, 3.8) is 0 Å². The van der Waals surface area contributed by atoms with E-state index < -0.39 is 29.6 Å². The van der Waals surface area contributed by atoms with Crippen LogP contribution in [-0.2, 0) is 17.8 Å². The second-order valence-electron chi connectivity index (χ2n) is 9.57. The topological polar surface area (TPSA) is 133 Å². The molecule has 0 radical (unpaired) electrons. The Morgan fingerprint density at radius 3 is 2.57 bits per heavy atom. The maximum absolute atomic E-state index is 13.6. The summed E-state index contributed by atoms with van der Waals surface area (Å²) in [4.78, 5) is 29.8. The molecule has 0 bridgehead atoms. The molecule has 10 nitrogen and oxygen atoms in total. The van der Waals surface area contributed by atoms with E-state index >= 15 is 0 Å². The zero-order chi connectivity index (χ0) is 27.5. The van der Waals surface area contributed by atoms with Crippen molar-refractivity contribution in [2.75, 3.05) is 12.8 Å². The first-order valence-electron chi connectivity index (χ1n) is 11.7. The molecule has 0 fully saturated rings. The van der Waals surface area contributed by atoms with E-state index in [0.717, 1.165) is 17.3 Å². The summed E-state index contributed by atoms with van der Waals surface area (Å²) in [5.41, 5.74) is 7.65. The van der Waals surface area contributed by atoms with Gasteiger partial charge in [-0.05, 0) is 52.8 Å². The number of anilines is 1. The smallest absolute Gasteiger partial charge is 0.410 e. The number of hydrogen-bond donors (Lipinski definition) is 2. The van der Waals surface area contributed by atoms with Gasteiger partial charge in [0.25, 0.3) is 0 Å². The lowest BCUT2D eigenvalue weighted by molar-refractivity contribution is 0.0285. The lowest BCUT2D eigenvalue weighted by Gasteiger charge is -2.24. The minimum atomic E-state index is -1.27. The molecule has 0 aliphatic heterocycles. The van der Waals surface area contributed by atoms with Crippen LogP contribution in [0.4, 0.5) is 15.0 Å². The van der Waals surface area contributed by atoms with Crippen LogP contribution in [0.3, 0.4) is 0 Å². The molecule has 11 heteroatoms. The predicted molar refractivity (Wildman–Crippen MR) is 136 cm³/mol. The van der Waals surface area contributed by atoms with Crippen LogP contribution in [0.15, 0.2) is 36.7 Å². The SMILES string of the molecule is CCn1ncc(CN(C)C(=O)OC(C)(C)C)c1-c1cnc(N)c(O[C@H](C)c2ccc(F)cc2C(=O)O)c1. The number of nitrogens with two attached hydrogens (primary N) is 1. The quantitative estimate of drug-likeness (QED) is 0.435. The summed E-state index contributed by atoms with van der Waals surface area (Å²) >= 11 is 0. The number of pyridine rings is 1. The van der Waals surface area contributed by atoms with Crippen LogP contribution in [0.25, 0.3) is 11.3 Å². The van der Waals surface area contributed by atoms with Gasteiger partial charge >= 0.3 is 12.1 Å².